The van der Waals surface area contributed by atoms with Crippen molar-refractivity contribution >= 4 is 29.0 Å². The van der Waals surface area contributed by atoms with Gasteiger partial charge in [0.2, 0.25) is 0 Å². The molecule has 1 amide bonds. The maximum absolute atomic E-state index is 12.0. The molecule has 8 nitrogen and oxygen atoms in total. The number of hydrogen-bond acceptors (Lipinski definition) is 9. The highest BCUT2D eigenvalue weighted by Crippen LogP contribution is 2.30. The molecule has 0 bridgehead atoms. The number of thioether (sulfide) groups is 1. The number of nitrogens with zero attached hydrogens (tertiary/aromatic N) is 3. The summed E-state index contributed by atoms with van der Waals surface area (Å²) in [6.45, 7) is 2.09. The van der Waals surface area contributed by atoms with Gasteiger partial charge in [-0.1, -0.05) is 23.1 Å². The van der Waals surface area contributed by atoms with Crippen LogP contribution in [0.4, 0.5) is 0 Å². The molecule has 10 heteroatoms. The number of methoxy groups -OCH3 is 1. The molecule has 0 aliphatic carbocycles. The Morgan fingerprint density at radius 3 is 2.96 bits per heavy atom. The Labute approximate surface area is 164 Å². The van der Waals surface area contributed by atoms with Crippen LogP contribution in [0.2, 0.25) is 0 Å². The fourth-order valence-electron chi connectivity index (χ4n) is 2.08. The van der Waals surface area contributed by atoms with Gasteiger partial charge in [0.05, 0.1) is 31.8 Å². The number of hydrogen-bond donors (Lipinski definition) is 1. The number of ether oxygens (including phenoxy) is 2. The van der Waals surface area contributed by atoms with Crippen molar-refractivity contribution in [3.05, 3.63) is 47.1 Å². The lowest BCUT2D eigenvalue weighted by Gasteiger charge is -2.11. The highest BCUT2D eigenvalue weighted by Gasteiger charge is 2.11. The second-order valence-electron chi connectivity index (χ2n) is 5.35. The van der Waals surface area contributed by atoms with E-state index in [4.69, 9.17) is 13.9 Å². The zero-order valence-electron chi connectivity index (χ0n) is 14.8. The maximum Gasteiger partial charge on any atom is 0.258 e. The van der Waals surface area contributed by atoms with Gasteiger partial charge in [-0.05, 0) is 19.1 Å². The van der Waals surface area contributed by atoms with E-state index in [0.29, 0.717) is 29.6 Å². The quantitative estimate of drug-likeness (QED) is 0.542. The van der Waals surface area contributed by atoms with Crippen molar-refractivity contribution in [3.8, 4) is 11.5 Å². The van der Waals surface area contributed by atoms with Crippen molar-refractivity contribution in [1.29, 1.82) is 0 Å². The standard InChI is InChI=1S/C17H18N4O4S2/c1-11-20-21-17(27-11)26-10-12-6-14(15(23-2)8-18-12)25-9-16(22)19-7-13-4-3-5-24-13/h3-6,8H,7,9-10H2,1-2H3,(H,19,22). The second-order valence-corrected chi connectivity index (χ2v) is 7.75. The minimum absolute atomic E-state index is 0.136. The number of furan rings is 1. The molecular weight excluding hydrogens is 388 g/mol. The predicted octanol–water partition coefficient (Wildman–Crippen LogP) is 2.83. The predicted molar refractivity (Wildman–Crippen MR) is 101 cm³/mol. The molecule has 0 radical (unpaired) electrons. The van der Waals surface area contributed by atoms with Gasteiger partial charge in [-0.3, -0.25) is 9.78 Å². The third-order valence-corrected chi connectivity index (χ3v) is 5.36. The molecule has 0 spiro atoms. The minimum atomic E-state index is -0.259. The van der Waals surface area contributed by atoms with Crippen LogP contribution in [0.1, 0.15) is 16.5 Å². The van der Waals surface area contributed by atoms with E-state index >= 15 is 0 Å². The number of carbonyl (C=O) groups is 1. The van der Waals surface area contributed by atoms with Crippen LogP contribution >= 0.6 is 23.1 Å². The Morgan fingerprint density at radius 1 is 1.37 bits per heavy atom. The molecule has 0 aromatic carbocycles. The third kappa shape index (κ3) is 5.69. The second kappa shape index (κ2) is 9.38. The molecule has 0 saturated heterocycles. The molecule has 3 heterocycles. The van der Waals surface area contributed by atoms with Gasteiger partial charge in [-0.15, -0.1) is 10.2 Å². The monoisotopic (exact) mass is 406 g/mol. The average Bonchev–Trinajstić information content (AvgIpc) is 3.34. The van der Waals surface area contributed by atoms with Crippen molar-refractivity contribution in [3.63, 3.8) is 0 Å². The molecule has 1 N–H and O–H groups in total. The summed E-state index contributed by atoms with van der Waals surface area (Å²) in [5.41, 5.74) is 0.791. The smallest absolute Gasteiger partial charge is 0.258 e. The number of nitrogens with one attached hydrogen (secondary N) is 1. The Morgan fingerprint density at radius 2 is 2.26 bits per heavy atom. The van der Waals surface area contributed by atoms with Crippen LogP contribution in [0.15, 0.2) is 39.4 Å². The first-order chi connectivity index (χ1) is 13.1. The van der Waals surface area contributed by atoms with Gasteiger partial charge < -0.3 is 19.2 Å². The van der Waals surface area contributed by atoms with E-state index in [1.165, 1.54) is 18.4 Å². The van der Waals surface area contributed by atoms with Crippen LogP contribution in [0.3, 0.4) is 0 Å². The zero-order valence-corrected chi connectivity index (χ0v) is 16.4. The van der Waals surface area contributed by atoms with Crippen LogP contribution in [-0.4, -0.2) is 34.8 Å². The van der Waals surface area contributed by atoms with Gasteiger partial charge >= 0.3 is 0 Å². The molecule has 0 aliphatic rings. The summed E-state index contributed by atoms with van der Waals surface area (Å²) < 4.78 is 16.9. The van der Waals surface area contributed by atoms with Crippen molar-refractivity contribution in [2.75, 3.05) is 13.7 Å². The molecule has 27 heavy (non-hydrogen) atoms. The Bertz CT molecular complexity index is 883. The average molecular weight is 406 g/mol. The summed E-state index contributed by atoms with van der Waals surface area (Å²) in [4.78, 5) is 16.3. The summed E-state index contributed by atoms with van der Waals surface area (Å²) in [5.74, 6) is 1.96. The first-order valence-corrected chi connectivity index (χ1v) is 9.82. The fraction of sp³-hybridized carbons (Fsp3) is 0.294. The molecule has 0 saturated carbocycles. The summed E-state index contributed by atoms with van der Waals surface area (Å²) in [5, 5.41) is 11.7. The third-order valence-electron chi connectivity index (χ3n) is 3.36. The normalized spacial score (nSPS) is 10.6. The summed E-state index contributed by atoms with van der Waals surface area (Å²) >= 11 is 3.08. The summed E-state index contributed by atoms with van der Waals surface area (Å²) in [6, 6.07) is 5.32. The highest BCUT2D eigenvalue weighted by atomic mass is 32.2. The van der Waals surface area contributed by atoms with Crippen LogP contribution in [-0.2, 0) is 17.1 Å². The number of aryl methyl sites for hydroxylation is 1. The highest BCUT2D eigenvalue weighted by molar-refractivity contribution is 8.00. The van der Waals surface area contributed by atoms with E-state index in [2.05, 4.69) is 20.5 Å². The largest absolute Gasteiger partial charge is 0.491 e. The van der Waals surface area contributed by atoms with E-state index in [0.717, 1.165) is 15.0 Å². The van der Waals surface area contributed by atoms with E-state index in [9.17, 15) is 4.79 Å². The van der Waals surface area contributed by atoms with Gasteiger partial charge in [0.15, 0.2) is 22.4 Å². The first kappa shape index (κ1) is 19.2. The molecule has 3 aromatic heterocycles. The maximum atomic E-state index is 12.0. The Balaban J connectivity index is 1.55. The van der Waals surface area contributed by atoms with E-state index < -0.39 is 0 Å². The molecule has 3 rings (SSSR count). The summed E-state index contributed by atoms with van der Waals surface area (Å²) in [7, 11) is 1.53. The molecule has 0 unspecified atom stereocenters. The van der Waals surface area contributed by atoms with Crippen LogP contribution in [0.5, 0.6) is 11.5 Å². The van der Waals surface area contributed by atoms with E-state index in [-0.39, 0.29) is 12.5 Å². The molecule has 3 aromatic rings. The topological polar surface area (TPSA) is 99.4 Å². The molecule has 0 fully saturated rings. The van der Waals surface area contributed by atoms with E-state index in [1.807, 2.05) is 6.92 Å². The first-order valence-electron chi connectivity index (χ1n) is 8.01. The molecule has 142 valence electrons. The number of carbonyl (C=O) groups excluding carboxylic acids is 1. The molecular formula is C17H18N4O4S2. The van der Waals surface area contributed by atoms with Crippen LogP contribution in [0.25, 0.3) is 0 Å². The minimum Gasteiger partial charge on any atom is -0.491 e. The molecule has 0 atom stereocenters. The van der Waals surface area contributed by atoms with Crippen LogP contribution in [0, 0.1) is 6.92 Å². The Kier molecular flexibility index (Phi) is 6.66. The van der Waals surface area contributed by atoms with Gasteiger partial charge in [0.25, 0.3) is 5.91 Å². The van der Waals surface area contributed by atoms with Gasteiger partial charge in [-0.2, -0.15) is 0 Å². The SMILES string of the molecule is COc1cnc(CSc2nnc(C)s2)cc1OCC(=O)NCc1ccco1. The fourth-order valence-corrected chi connectivity index (χ4v) is 3.79. The van der Waals surface area contributed by atoms with Crippen molar-refractivity contribution in [1.82, 2.24) is 20.5 Å². The van der Waals surface area contributed by atoms with E-state index in [1.54, 1.807) is 42.4 Å². The zero-order chi connectivity index (χ0) is 19.1. The van der Waals surface area contributed by atoms with Crippen LogP contribution < -0.4 is 14.8 Å². The van der Waals surface area contributed by atoms with Gasteiger partial charge in [0.1, 0.15) is 10.8 Å². The number of rotatable bonds is 9. The number of amides is 1. The lowest BCUT2D eigenvalue weighted by Crippen LogP contribution is -2.28. The van der Waals surface area contributed by atoms with Crippen molar-refractivity contribution < 1.29 is 18.7 Å². The number of aromatic nitrogens is 3. The van der Waals surface area contributed by atoms with Crippen molar-refractivity contribution in [2.24, 2.45) is 0 Å². The lowest BCUT2D eigenvalue weighted by molar-refractivity contribution is -0.123. The number of pyridine rings is 1. The van der Waals surface area contributed by atoms with Crippen molar-refractivity contribution in [2.45, 2.75) is 23.6 Å². The Hall–Kier alpha value is -2.59. The van der Waals surface area contributed by atoms with Gasteiger partial charge in [-0.25, -0.2) is 0 Å². The lowest BCUT2D eigenvalue weighted by atomic mass is 10.3. The molecule has 0 aliphatic heterocycles. The summed E-state index contributed by atoms with van der Waals surface area (Å²) in [6.07, 6.45) is 3.14. The van der Waals surface area contributed by atoms with Gasteiger partial charge in [0, 0.05) is 11.8 Å².